The number of hydrogen-bond acceptors (Lipinski definition) is 3. The molecule has 0 amide bonds. The zero-order valence-electron chi connectivity index (χ0n) is 11.0. The molecule has 1 aliphatic rings. The van der Waals surface area contributed by atoms with Gasteiger partial charge in [0, 0.05) is 18.5 Å². The van der Waals surface area contributed by atoms with E-state index in [9.17, 15) is 4.39 Å². The van der Waals surface area contributed by atoms with Gasteiger partial charge >= 0.3 is 0 Å². The van der Waals surface area contributed by atoms with Crippen molar-refractivity contribution in [2.45, 2.75) is 19.1 Å². The Kier molecular flexibility index (Phi) is 3.56. The molecule has 2 N–H and O–H groups in total. The van der Waals surface area contributed by atoms with Gasteiger partial charge in [0.1, 0.15) is 30.0 Å². The summed E-state index contributed by atoms with van der Waals surface area (Å²) in [5.74, 6) is 1.30. The van der Waals surface area contributed by atoms with Crippen molar-refractivity contribution in [2.24, 2.45) is 5.73 Å². The van der Waals surface area contributed by atoms with E-state index in [1.54, 1.807) is 6.07 Å². The van der Waals surface area contributed by atoms with Gasteiger partial charge in [-0.25, -0.2) is 4.39 Å². The van der Waals surface area contributed by atoms with E-state index in [0.717, 1.165) is 22.6 Å². The topological polar surface area (TPSA) is 44.5 Å². The summed E-state index contributed by atoms with van der Waals surface area (Å²) in [6, 6.07) is 12.3. The van der Waals surface area contributed by atoms with E-state index in [2.05, 4.69) is 0 Å². The summed E-state index contributed by atoms with van der Waals surface area (Å²) in [6.45, 7) is 0.963. The minimum atomic E-state index is -0.230. The van der Waals surface area contributed by atoms with E-state index in [1.165, 1.54) is 12.1 Å². The lowest BCUT2D eigenvalue weighted by molar-refractivity contribution is 0.148. The molecule has 2 aromatic carbocycles. The van der Waals surface area contributed by atoms with Gasteiger partial charge in [0.25, 0.3) is 0 Å². The summed E-state index contributed by atoms with van der Waals surface area (Å²) < 4.78 is 24.5. The average Bonchev–Trinajstić information content (AvgIpc) is 2.87. The van der Waals surface area contributed by atoms with Crippen molar-refractivity contribution in [3.63, 3.8) is 0 Å². The van der Waals surface area contributed by atoms with Crippen LogP contribution in [-0.4, -0.2) is 12.7 Å². The lowest BCUT2D eigenvalue weighted by Gasteiger charge is -2.12. The number of rotatable bonds is 4. The molecule has 3 rings (SSSR count). The van der Waals surface area contributed by atoms with Gasteiger partial charge in [-0.2, -0.15) is 0 Å². The second-order valence-corrected chi connectivity index (χ2v) is 4.86. The number of halogens is 1. The molecule has 2 aromatic rings. The lowest BCUT2D eigenvalue weighted by Crippen LogP contribution is -2.22. The third-order valence-electron chi connectivity index (χ3n) is 3.36. The van der Waals surface area contributed by atoms with Crippen LogP contribution in [0.1, 0.15) is 11.1 Å². The highest BCUT2D eigenvalue weighted by molar-refractivity contribution is 5.38. The van der Waals surface area contributed by atoms with E-state index >= 15 is 0 Å². The number of ether oxygens (including phenoxy) is 2. The molecular weight excluding hydrogens is 257 g/mol. The Bertz CT molecular complexity index is 598. The average molecular weight is 273 g/mol. The van der Waals surface area contributed by atoms with Crippen molar-refractivity contribution in [2.75, 3.05) is 6.61 Å². The molecule has 0 radical (unpaired) electrons. The van der Waals surface area contributed by atoms with Crippen LogP contribution < -0.4 is 15.2 Å². The zero-order valence-corrected chi connectivity index (χ0v) is 11.0. The molecule has 0 fully saturated rings. The predicted octanol–water partition coefficient (Wildman–Crippen LogP) is 2.67. The maximum Gasteiger partial charge on any atom is 0.137 e. The first-order valence-electron chi connectivity index (χ1n) is 6.61. The first-order chi connectivity index (χ1) is 9.74. The van der Waals surface area contributed by atoms with Gasteiger partial charge in [0.15, 0.2) is 0 Å². The highest BCUT2D eigenvalue weighted by Gasteiger charge is 2.23. The summed E-state index contributed by atoms with van der Waals surface area (Å²) in [5, 5.41) is 0. The van der Waals surface area contributed by atoms with Gasteiger partial charge < -0.3 is 15.2 Å². The summed E-state index contributed by atoms with van der Waals surface area (Å²) in [4.78, 5) is 0. The van der Waals surface area contributed by atoms with Crippen LogP contribution in [0.4, 0.5) is 4.39 Å². The number of hydrogen-bond donors (Lipinski definition) is 1. The maximum atomic E-state index is 13.1. The van der Waals surface area contributed by atoms with Gasteiger partial charge in [-0.3, -0.25) is 0 Å². The van der Waals surface area contributed by atoms with E-state index in [1.807, 2.05) is 24.3 Å². The normalized spacial score (nSPS) is 16.6. The Labute approximate surface area is 117 Å². The second-order valence-electron chi connectivity index (χ2n) is 4.86. The summed E-state index contributed by atoms with van der Waals surface area (Å²) in [5.41, 5.74) is 7.51. The molecule has 0 aromatic heterocycles. The fourth-order valence-corrected chi connectivity index (χ4v) is 2.29. The number of nitrogens with two attached hydrogens (primary N) is 1. The molecule has 1 heterocycles. The van der Waals surface area contributed by atoms with Crippen LogP contribution in [0, 0.1) is 5.82 Å². The van der Waals surface area contributed by atoms with Gasteiger partial charge in [0.2, 0.25) is 0 Å². The van der Waals surface area contributed by atoms with Crippen LogP contribution in [0.15, 0.2) is 42.5 Å². The second kappa shape index (κ2) is 5.51. The maximum absolute atomic E-state index is 13.1. The summed E-state index contributed by atoms with van der Waals surface area (Å²) in [7, 11) is 0. The minimum Gasteiger partial charge on any atom is -0.490 e. The van der Waals surface area contributed by atoms with Gasteiger partial charge in [0.05, 0.1) is 0 Å². The number of benzene rings is 2. The van der Waals surface area contributed by atoms with Crippen molar-refractivity contribution < 1.29 is 13.9 Å². The van der Waals surface area contributed by atoms with Crippen molar-refractivity contribution in [1.29, 1.82) is 0 Å². The van der Waals surface area contributed by atoms with Crippen molar-refractivity contribution in [3.8, 4) is 11.5 Å². The van der Waals surface area contributed by atoms with E-state index in [0.29, 0.717) is 19.6 Å². The Morgan fingerprint density at radius 1 is 1.20 bits per heavy atom. The molecule has 104 valence electrons. The number of fused-ring (bicyclic) bond motifs is 1. The Morgan fingerprint density at radius 3 is 2.75 bits per heavy atom. The molecule has 0 bridgehead atoms. The molecule has 0 spiro atoms. The van der Waals surface area contributed by atoms with Crippen molar-refractivity contribution >= 4 is 0 Å². The summed E-state index contributed by atoms with van der Waals surface area (Å²) >= 11 is 0. The standard InChI is InChI=1S/C16H16FNO2/c17-13-3-6-16-12(7-13)8-15(20-16)10-19-14-4-1-11(9-18)2-5-14/h1-7,15H,8-10,18H2. The first-order valence-corrected chi connectivity index (χ1v) is 6.61. The molecule has 0 aliphatic carbocycles. The van der Waals surface area contributed by atoms with Crippen molar-refractivity contribution in [1.82, 2.24) is 0 Å². The first kappa shape index (κ1) is 12.9. The molecular formula is C16H16FNO2. The monoisotopic (exact) mass is 273 g/mol. The van der Waals surface area contributed by atoms with E-state index < -0.39 is 0 Å². The molecule has 0 saturated heterocycles. The summed E-state index contributed by atoms with van der Waals surface area (Å²) in [6.07, 6.45) is 0.606. The van der Waals surface area contributed by atoms with Crippen LogP contribution in [0.2, 0.25) is 0 Å². The smallest absolute Gasteiger partial charge is 0.137 e. The quantitative estimate of drug-likeness (QED) is 0.931. The zero-order chi connectivity index (χ0) is 13.9. The molecule has 1 atom stereocenters. The predicted molar refractivity (Wildman–Crippen MR) is 74.3 cm³/mol. The van der Waals surface area contributed by atoms with Crippen LogP contribution in [0.3, 0.4) is 0 Å². The third-order valence-corrected chi connectivity index (χ3v) is 3.36. The Balaban J connectivity index is 1.58. The van der Waals surface area contributed by atoms with E-state index in [4.69, 9.17) is 15.2 Å². The molecule has 1 unspecified atom stereocenters. The van der Waals surface area contributed by atoms with Crippen LogP contribution in [-0.2, 0) is 13.0 Å². The highest BCUT2D eigenvalue weighted by atomic mass is 19.1. The van der Waals surface area contributed by atoms with Gasteiger partial charge in [-0.1, -0.05) is 12.1 Å². The Hall–Kier alpha value is -2.07. The van der Waals surface area contributed by atoms with E-state index in [-0.39, 0.29) is 11.9 Å². The fourth-order valence-electron chi connectivity index (χ4n) is 2.29. The molecule has 3 nitrogen and oxygen atoms in total. The third kappa shape index (κ3) is 2.75. The van der Waals surface area contributed by atoms with Crippen LogP contribution >= 0.6 is 0 Å². The lowest BCUT2D eigenvalue weighted by atomic mass is 10.1. The molecule has 4 heteroatoms. The SMILES string of the molecule is NCc1ccc(OCC2Cc3cc(F)ccc3O2)cc1. The molecule has 1 aliphatic heterocycles. The molecule has 0 saturated carbocycles. The van der Waals surface area contributed by atoms with Crippen LogP contribution in [0.5, 0.6) is 11.5 Å². The molecule has 20 heavy (non-hydrogen) atoms. The minimum absolute atomic E-state index is 0.0685. The van der Waals surface area contributed by atoms with Gasteiger partial charge in [-0.15, -0.1) is 0 Å². The largest absolute Gasteiger partial charge is 0.490 e. The highest BCUT2D eigenvalue weighted by Crippen LogP contribution is 2.29. The fraction of sp³-hybridized carbons (Fsp3) is 0.250. The van der Waals surface area contributed by atoms with Crippen LogP contribution in [0.25, 0.3) is 0 Å². The van der Waals surface area contributed by atoms with Gasteiger partial charge in [-0.05, 0) is 35.9 Å². The van der Waals surface area contributed by atoms with Crippen molar-refractivity contribution in [3.05, 3.63) is 59.4 Å². The Morgan fingerprint density at radius 2 is 2.00 bits per heavy atom.